The third-order valence-electron chi connectivity index (χ3n) is 4.19. The van der Waals surface area contributed by atoms with Gasteiger partial charge in [-0.1, -0.05) is 0 Å². The second kappa shape index (κ2) is 7.86. The Kier molecular flexibility index (Phi) is 5.36. The normalized spacial score (nSPS) is 13.8. The summed E-state index contributed by atoms with van der Waals surface area (Å²) in [6.45, 7) is 6.45. The minimum Gasteiger partial charge on any atom is -0.494 e. The van der Waals surface area contributed by atoms with E-state index in [4.69, 9.17) is 4.74 Å². The Morgan fingerprint density at radius 3 is 2.50 bits per heavy atom. The van der Waals surface area contributed by atoms with Crippen LogP contribution in [0.3, 0.4) is 0 Å². The minimum absolute atomic E-state index is 0.0360. The number of hydrogen-bond donors (Lipinski definition) is 1. The van der Waals surface area contributed by atoms with Crippen LogP contribution in [0.1, 0.15) is 24.2 Å². The van der Waals surface area contributed by atoms with Gasteiger partial charge in [-0.2, -0.15) is 0 Å². The van der Waals surface area contributed by atoms with Crippen LogP contribution in [0.25, 0.3) is 0 Å². The van der Waals surface area contributed by atoms with E-state index in [9.17, 15) is 9.59 Å². The molecule has 0 radical (unpaired) electrons. The average molecular weight is 354 g/mol. The van der Waals surface area contributed by atoms with E-state index in [1.807, 2.05) is 13.8 Å². The summed E-state index contributed by atoms with van der Waals surface area (Å²) in [6.07, 6.45) is 1.56. The van der Waals surface area contributed by atoms with Gasteiger partial charge in [0.15, 0.2) is 0 Å². The number of hydrogen-bond acceptors (Lipinski definition) is 4. The molecule has 0 unspecified atom stereocenters. The van der Waals surface area contributed by atoms with Crippen molar-refractivity contribution in [3.05, 3.63) is 48.2 Å². The summed E-state index contributed by atoms with van der Waals surface area (Å²) in [5.41, 5.74) is 1.11. The molecule has 26 heavy (non-hydrogen) atoms. The molecule has 1 saturated heterocycles. The summed E-state index contributed by atoms with van der Waals surface area (Å²) >= 11 is 0. The molecule has 1 aliphatic rings. The van der Waals surface area contributed by atoms with Crippen LogP contribution >= 0.6 is 0 Å². The van der Waals surface area contributed by atoms with Gasteiger partial charge in [0.25, 0.3) is 5.91 Å². The molecule has 3 amide bonds. The van der Waals surface area contributed by atoms with E-state index >= 15 is 0 Å². The van der Waals surface area contributed by atoms with Crippen LogP contribution in [-0.2, 0) is 0 Å². The van der Waals surface area contributed by atoms with E-state index < -0.39 is 0 Å². The van der Waals surface area contributed by atoms with E-state index in [-0.39, 0.29) is 11.9 Å². The second-order valence-electron chi connectivity index (χ2n) is 5.83. The summed E-state index contributed by atoms with van der Waals surface area (Å²) in [5, 5.41) is 2.80. The Balaban J connectivity index is 1.64. The van der Waals surface area contributed by atoms with Crippen LogP contribution in [0.5, 0.6) is 5.75 Å². The summed E-state index contributed by atoms with van der Waals surface area (Å²) in [4.78, 5) is 32.2. The van der Waals surface area contributed by atoms with Gasteiger partial charge in [0.05, 0.1) is 18.5 Å². The fourth-order valence-electron chi connectivity index (χ4n) is 2.78. The minimum atomic E-state index is -0.225. The first-order chi connectivity index (χ1) is 12.6. The van der Waals surface area contributed by atoms with E-state index in [1.54, 1.807) is 52.4 Å². The Labute approximate surface area is 152 Å². The molecular weight excluding hydrogens is 332 g/mol. The highest BCUT2D eigenvalue weighted by Gasteiger charge is 2.28. The number of nitrogens with one attached hydrogen (secondary N) is 1. The topological polar surface area (TPSA) is 74.8 Å². The molecule has 3 rings (SSSR count). The Bertz CT molecular complexity index is 774. The largest absolute Gasteiger partial charge is 0.494 e. The zero-order valence-electron chi connectivity index (χ0n) is 14.9. The van der Waals surface area contributed by atoms with Crippen molar-refractivity contribution >= 4 is 23.4 Å². The highest BCUT2D eigenvalue weighted by molar-refractivity contribution is 6.04. The predicted molar refractivity (Wildman–Crippen MR) is 99.8 cm³/mol. The molecule has 1 fully saturated rings. The summed E-state index contributed by atoms with van der Waals surface area (Å²) in [5.74, 6) is 1.09. The van der Waals surface area contributed by atoms with Gasteiger partial charge in [-0.25, -0.2) is 9.78 Å². The molecule has 0 bridgehead atoms. The van der Waals surface area contributed by atoms with Crippen molar-refractivity contribution < 1.29 is 14.3 Å². The SMILES string of the molecule is CCOc1ccc(C(=O)Nc2ccc(N3CCN(CC)C3=O)nc2)cc1. The number of amides is 3. The number of anilines is 2. The van der Waals surface area contributed by atoms with Gasteiger partial charge in [-0.05, 0) is 50.2 Å². The van der Waals surface area contributed by atoms with Crippen molar-refractivity contribution in [2.24, 2.45) is 0 Å². The highest BCUT2D eigenvalue weighted by Crippen LogP contribution is 2.20. The van der Waals surface area contributed by atoms with Crippen LogP contribution in [-0.4, -0.2) is 48.1 Å². The third-order valence-corrected chi connectivity index (χ3v) is 4.19. The monoisotopic (exact) mass is 354 g/mol. The molecule has 136 valence electrons. The smallest absolute Gasteiger partial charge is 0.325 e. The molecule has 1 aromatic carbocycles. The lowest BCUT2D eigenvalue weighted by atomic mass is 10.2. The van der Waals surface area contributed by atoms with Crippen molar-refractivity contribution in [2.45, 2.75) is 13.8 Å². The molecule has 1 aromatic heterocycles. The number of carbonyl (C=O) groups excluding carboxylic acids is 2. The lowest BCUT2D eigenvalue weighted by molar-refractivity contribution is 0.102. The zero-order valence-corrected chi connectivity index (χ0v) is 14.9. The first-order valence-electron chi connectivity index (χ1n) is 8.69. The third kappa shape index (κ3) is 3.77. The van der Waals surface area contributed by atoms with Gasteiger partial charge in [0, 0.05) is 25.2 Å². The van der Waals surface area contributed by atoms with Crippen LogP contribution in [0.2, 0.25) is 0 Å². The first-order valence-corrected chi connectivity index (χ1v) is 8.69. The van der Waals surface area contributed by atoms with Crippen molar-refractivity contribution in [3.63, 3.8) is 0 Å². The van der Waals surface area contributed by atoms with Crippen molar-refractivity contribution in [1.29, 1.82) is 0 Å². The Morgan fingerprint density at radius 2 is 1.92 bits per heavy atom. The number of ether oxygens (including phenoxy) is 1. The van der Waals surface area contributed by atoms with Crippen molar-refractivity contribution in [3.8, 4) is 5.75 Å². The van der Waals surface area contributed by atoms with Crippen LogP contribution in [0, 0.1) is 0 Å². The molecule has 1 aliphatic heterocycles. The van der Waals surface area contributed by atoms with Gasteiger partial charge >= 0.3 is 6.03 Å². The van der Waals surface area contributed by atoms with Crippen molar-refractivity contribution in [2.75, 3.05) is 36.5 Å². The van der Waals surface area contributed by atoms with Gasteiger partial charge in [0.1, 0.15) is 11.6 Å². The van der Waals surface area contributed by atoms with Gasteiger partial charge in [-0.3, -0.25) is 9.69 Å². The van der Waals surface area contributed by atoms with Crippen molar-refractivity contribution in [1.82, 2.24) is 9.88 Å². The highest BCUT2D eigenvalue weighted by atomic mass is 16.5. The number of likely N-dealkylation sites (N-methyl/N-ethyl adjacent to an activating group) is 1. The maximum absolute atomic E-state index is 12.3. The molecule has 1 N–H and O–H groups in total. The van der Waals surface area contributed by atoms with E-state index in [0.717, 1.165) is 5.75 Å². The van der Waals surface area contributed by atoms with Gasteiger partial charge in [0.2, 0.25) is 0 Å². The zero-order chi connectivity index (χ0) is 18.5. The number of carbonyl (C=O) groups is 2. The van der Waals surface area contributed by atoms with Gasteiger partial charge < -0.3 is 15.0 Å². The number of aromatic nitrogens is 1. The van der Waals surface area contributed by atoms with Crippen LogP contribution in [0.4, 0.5) is 16.3 Å². The fourth-order valence-corrected chi connectivity index (χ4v) is 2.78. The number of urea groups is 1. The second-order valence-corrected chi connectivity index (χ2v) is 5.83. The standard InChI is InChI=1S/C19H22N4O3/c1-3-22-11-12-23(19(22)25)17-10-7-15(13-20-17)21-18(24)14-5-8-16(9-6-14)26-4-2/h5-10,13H,3-4,11-12H2,1-2H3,(H,21,24). The lowest BCUT2D eigenvalue weighted by Crippen LogP contribution is -2.32. The summed E-state index contributed by atoms with van der Waals surface area (Å²) in [7, 11) is 0. The lowest BCUT2D eigenvalue weighted by Gasteiger charge is -2.16. The first kappa shape index (κ1) is 17.7. The molecule has 7 heteroatoms. The Morgan fingerprint density at radius 1 is 1.15 bits per heavy atom. The van der Waals surface area contributed by atoms with Crippen LogP contribution < -0.4 is 15.0 Å². The molecule has 2 aromatic rings. The van der Waals surface area contributed by atoms with E-state index in [0.29, 0.717) is 43.3 Å². The van der Waals surface area contributed by atoms with Crippen LogP contribution in [0.15, 0.2) is 42.6 Å². The molecule has 7 nitrogen and oxygen atoms in total. The van der Waals surface area contributed by atoms with E-state index in [1.165, 1.54) is 0 Å². The molecule has 0 saturated carbocycles. The molecular formula is C19H22N4O3. The molecule has 0 spiro atoms. The van der Waals surface area contributed by atoms with Gasteiger partial charge in [-0.15, -0.1) is 0 Å². The predicted octanol–water partition coefficient (Wildman–Crippen LogP) is 2.99. The average Bonchev–Trinajstić information content (AvgIpc) is 3.04. The quantitative estimate of drug-likeness (QED) is 0.865. The number of rotatable bonds is 6. The Hall–Kier alpha value is -3.09. The molecule has 2 heterocycles. The molecule has 0 aliphatic carbocycles. The number of benzene rings is 1. The van der Waals surface area contributed by atoms with E-state index in [2.05, 4.69) is 10.3 Å². The fraction of sp³-hybridized carbons (Fsp3) is 0.316. The number of pyridine rings is 1. The maximum Gasteiger partial charge on any atom is 0.325 e. The maximum atomic E-state index is 12.3. The molecule has 0 atom stereocenters. The summed E-state index contributed by atoms with van der Waals surface area (Å²) in [6, 6.07) is 10.4. The summed E-state index contributed by atoms with van der Waals surface area (Å²) < 4.78 is 5.37. The number of nitrogens with zero attached hydrogens (tertiary/aromatic N) is 3.